The van der Waals surface area contributed by atoms with Gasteiger partial charge >= 0.3 is 0 Å². The number of hydrogen-bond donors (Lipinski definition) is 2. The van der Waals surface area contributed by atoms with Crippen LogP contribution in [0.5, 0.6) is 17.4 Å². The van der Waals surface area contributed by atoms with Gasteiger partial charge in [-0.1, -0.05) is 59.1 Å². The minimum absolute atomic E-state index is 0.0348. The highest BCUT2D eigenvalue weighted by Crippen LogP contribution is 2.42. The molecule has 2 aromatic carbocycles. The molecule has 0 atom stereocenters. The molecule has 0 unspecified atom stereocenters. The third-order valence-electron chi connectivity index (χ3n) is 6.45. The highest BCUT2D eigenvalue weighted by atomic mass is 35.5. The molecule has 0 saturated carbocycles. The van der Waals surface area contributed by atoms with Crippen LogP contribution in [0.15, 0.2) is 42.5 Å². The summed E-state index contributed by atoms with van der Waals surface area (Å²) in [6.07, 6.45) is 0.895. The number of nitrogens with zero attached hydrogens (tertiary/aromatic N) is 2. The largest absolute Gasteiger partial charge is 0.492 e. The first-order chi connectivity index (χ1) is 19.5. The van der Waals surface area contributed by atoms with Gasteiger partial charge in [0.1, 0.15) is 23.8 Å². The number of rotatable bonds is 14. The number of aromatic nitrogens is 1. The second-order valence-corrected chi connectivity index (χ2v) is 10.3. The molecule has 2 heterocycles. The van der Waals surface area contributed by atoms with Crippen LogP contribution in [0.25, 0.3) is 11.1 Å². The van der Waals surface area contributed by atoms with Gasteiger partial charge in [0, 0.05) is 49.4 Å². The topological polar surface area (TPSA) is 85.3 Å². The second-order valence-electron chi connectivity index (χ2n) is 9.17. The van der Waals surface area contributed by atoms with Crippen molar-refractivity contribution in [3.05, 3.63) is 68.8 Å². The number of nitrogens with one attached hydrogen (secondary N) is 1. The summed E-state index contributed by atoms with van der Waals surface area (Å²) >= 11 is 20.1. The smallest absolute Gasteiger partial charge is 0.218 e. The maximum atomic E-state index is 9.00. The van der Waals surface area contributed by atoms with E-state index in [1.54, 1.807) is 19.2 Å². The quantitative estimate of drug-likeness (QED) is 0.232. The van der Waals surface area contributed by atoms with Crippen molar-refractivity contribution in [2.45, 2.75) is 19.6 Å². The van der Waals surface area contributed by atoms with Gasteiger partial charge in [0.05, 0.1) is 48.6 Å². The Hall–Kier alpha value is -2.30. The van der Waals surface area contributed by atoms with E-state index < -0.39 is 0 Å². The molecule has 0 bridgehead atoms. The van der Waals surface area contributed by atoms with Gasteiger partial charge in [0.25, 0.3) is 0 Å². The van der Waals surface area contributed by atoms with E-state index in [1.807, 2.05) is 30.3 Å². The van der Waals surface area contributed by atoms with E-state index in [0.29, 0.717) is 57.8 Å². The summed E-state index contributed by atoms with van der Waals surface area (Å²) in [5.74, 6) is 1.51. The van der Waals surface area contributed by atoms with Gasteiger partial charge in [-0.15, -0.1) is 0 Å². The van der Waals surface area contributed by atoms with Crippen LogP contribution in [0.1, 0.15) is 17.7 Å². The fraction of sp³-hybridized carbons (Fsp3) is 0.414. The Labute approximate surface area is 250 Å². The Kier molecular flexibility index (Phi) is 12.0. The Bertz CT molecular complexity index is 1260. The molecule has 11 heteroatoms. The molecule has 216 valence electrons. The lowest BCUT2D eigenvalue weighted by atomic mass is 10.0. The van der Waals surface area contributed by atoms with Crippen LogP contribution in [-0.4, -0.2) is 74.7 Å². The zero-order chi connectivity index (χ0) is 28.3. The summed E-state index contributed by atoms with van der Waals surface area (Å²) in [7, 11) is 1.54. The Morgan fingerprint density at radius 1 is 1.00 bits per heavy atom. The Morgan fingerprint density at radius 3 is 2.33 bits per heavy atom. The zero-order valence-corrected chi connectivity index (χ0v) is 24.7. The number of benzene rings is 2. The zero-order valence-electron chi connectivity index (χ0n) is 22.4. The van der Waals surface area contributed by atoms with E-state index >= 15 is 0 Å². The molecular weight excluding hydrogens is 577 g/mol. The summed E-state index contributed by atoms with van der Waals surface area (Å²) in [4.78, 5) is 6.89. The molecule has 0 spiro atoms. The average molecular weight is 611 g/mol. The van der Waals surface area contributed by atoms with Crippen LogP contribution >= 0.6 is 34.8 Å². The molecule has 0 radical (unpaired) electrons. The van der Waals surface area contributed by atoms with Crippen LogP contribution in [0.3, 0.4) is 0 Å². The van der Waals surface area contributed by atoms with Gasteiger partial charge in [0.2, 0.25) is 5.88 Å². The molecule has 1 fully saturated rings. The molecule has 1 aliphatic heterocycles. The first kappa shape index (κ1) is 30.7. The summed E-state index contributed by atoms with van der Waals surface area (Å²) in [6.45, 7) is 6.03. The third kappa shape index (κ3) is 8.13. The van der Waals surface area contributed by atoms with Crippen LogP contribution in [0.2, 0.25) is 15.1 Å². The van der Waals surface area contributed by atoms with Gasteiger partial charge in [-0.05, 0) is 24.6 Å². The summed E-state index contributed by atoms with van der Waals surface area (Å²) in [5, 5.41) is 13.4. The predicted octanol–water partition coefficient (Wildman–Crippen LogP) is 5.48. The lowest BCUT2D eigenvalue weighted by Gasteiger charge is -2.26. The Balaban J connectivity index is 1.42. The number of methoxy groups -OCH3 is 1. The first-order valence-corrected chi connectivity index (χ1v) is 14.3. The second kappa shape index (κ2) is 15.6. The van der Waals surface area contributed by atoms with Crippen molar-refractivity contribution in [1.29, 1.82) is 0 Å². The molecule has 0 amide bonds. The van der Waals surface area contributed by atoms with Crippen molar-refractivity contribution >= 4 is 34.8 Å². The van der Waals surface area contributed by atoms with Crippen LogP contribution in [-0.2, 0) is 17.9 Å². The summed E-state index contributed by atoms with van der Waals surface area (Å²) in [6, 6.07) is 13.0. The molecule has 1 aromatic heterocycles. The lowest BCUT2D eigenvalue weighted by Crippen LogP contribution is -2.37. The van der Waals surface area contributed by atoms with Gasteiger partial charge in [-0.25, -0.2) is 4.98 Å². The predicted molar refractivity (Wildman–Crippen MR) is 158 cm³/mol. The van der Waals surface area contributed by atoms with Crippen LogP contribution in [0, 0.1) is 0 Å². The minimum Gasteiger partial charge on any atom is -0.492 e. The first-order valence-electron chi connectivity index (χ1n) is 13.2. The number of morpholine rings is 1. The number of aliphatic hydroxyl groups is 1. The van der Waals surface area contributed by atoms with Crippen molar-refractivity contribution in [3.63, 3.8) is 0 Å². The number of pyridine rings is 1. The third-order valence-corrected chi connectivity index (χ3v) is 7.55. The monoisotopic (exact) mass is 609 g/mol. The summed E-state index contributed by atoms with van der Waals surface area (Å²) < 4.78 is 22.9. The van der Waals surface area contributed by atoms with Gasteiger partial charge < -0.3 is 29.4 Å². The van der Waals surface area contributed by atoms with Crippen molar-refractivity contribution in [3.8, 4) is 28.5 Å². The molecule has 3 aromatic rings. The number of hydrogen-bond acceptors (Lipinski definition) is 8. The van der Waals surface area contributed by atoms with E-state index in [1.165, 1.54) is 0 Å². The number of halogens is 3. The SMILES string of the molecule is COc1nc(COc2cccc(-c3cccc(OCCCN4CCOCC4)c3Cl)c2Cl)c(Cl)cc1CNCCO. The molecule has 2 N–H and O–H groups in total. The van der Waals surface area contributed by atoms with Gasteiger partial charge in [0.15, 0.2) is 0 Å². The Morgan fingerprint density at radius 2 is 1.68 bits per heavy atom. The molecule has 4 rings (SSSR count). The molecule has 8 nitrogen and oxygen atoms in total. The van der Waals surface area contributed by atoms with Crippen molar-refractivity contribution < 1.29 is 24.1 Å². The van der Waals surface area contributed by atoms with Gasteiger partial charge in [-0.2, -0.15) is 0 Å². The number of ether oxygens (including phenoxy) is 4. The normalized spacial score (nSPS) is 13.8. The van der Waals surface area contributed by atoms with Crippen molar-refractivity contribution in [2.75, 3.05) is 59.7 Å². The molecule has 1 aliphatic rings. The van der Waals surface area contributed by atoms with Gasteiger partial charge in [-0.3, -0.25) is 4.90 Å². The van der Waals surface area contributed by atoms with Crippen molar-refractivity contribution in [2.24, 2.45) is 0 Å². The average Bonchev–Trinajstić information content (AvgIpc) is 2.97. The maximum Gasteiger partial charge on any atom is 0.218 e. The fourth-order valence-electron chi connectivity index (χ4n) is 4.35. The van der Waals surface area contributed by atoms with E-state index in [4.69, 9.17) is 58.9 Å². The van der Waals surface area contributed by atoms with E-state index in [9.17, 15) is 0 Å². The lowest BCUT2D eigenvalue weighted by molar-refractivity contribution is 0.0358. The maximum absolute atomic E-state index is 9.00. The highest BCUT2D eigenvalue weighted by Gasteiger charge is 2.17. The molecular formula is C29H34Cl3N3O5. The standard InChI is InChI=1S/C29H34Cl3N3O5/c1-37-29-20(18-33-9-13-36)17-23(30)24(34-29)19-40-26-8-3-6-22(28(26)32)21-5-2-7-25(27(21)31)39-14-4-10-35-11-15-38-16-12-35/h2-3,5-8,17,33,36H,4,9-16,18-19H2,1H3. The van der Waals surface area contributed by atoms with E-state index in [0.717, 1.165) is 56.0 Å². The van der Waals surface area contributed by atoms with E-state index in [2.05, 4.69) is 15.2 Å². The molecule has 40 heavy (non-hydrogen) atoms. The van der Waals surface area contributed by atoms with E-state index in [-0.39, 0.29) is 13.2 Å². The molecule has 1 saturated heterocycles. The van der Waals surface area contributed by atoms with Crippen LogP contribution < -0.4 is 19.5 Å². The number of aliphatic hydroxyl groups excluding tert-OH is 1. The molecule has 0 aliphatic carbocycles. The van der Waals surface area contributed by atoms with Crippen LogP contribution in [0.4, 0.5) is 0 Å². The summed E-state index contributed by atoms with van der Waals surface area (Å²) in [5.41, 5.74) is 2.77. The minimum atomic E-state index is 0.0348. The highest BCUT2D eigenvalue weighted by molar-refractivity contribution is 6.38. The fourth-order valence-corrected chi connectivity index (χ4v) is 5.15. The van der Waals surface area contributed by atoms with Crippen molar-refractivity contribution in [1.82, 2.24) is 15.2 Å².